The molecular weight excluding hydrogens is 512 g/mol. The number of epoxide rings is 1. The zero-order valence-electron chi connectivity index (χ0n) is 24.8. The number of ether oxygens (including phenoxy) is 3. The summed E-state index contributed by atoms with van der Waals surface area (Å²) in [4.78, 5) is 12.5. The van der Waals surface area contributed by atoms with Crippen LogP contribution in [0.4, 0.5) is 0 Å². The molecule has 3 heterocycles. The van der Waals surface area contributed by atoms with E-state index in [0.717, 1.165) is 30.4 Å². The maximum atomic E-state index is 12.5. The lowest BCUT2D eigenvalue weighted by atomic mass is 9.83. The molecule has 0 aromatic carbocycles. The van der Waals surface area contributed by atoms with Crippen LogP contribution in [0.3, 0.4) is 0 Å². The van der Waals surface area contributed by atoms with E-state index < -0.39 is 42.1 Å². The summed E-state index contributed by atoms with van der Waals surface area (Å²) in [6, 6.07) is 0. The second-order valence-corrected chi connectivity index (χ2v) is 12.4. The van der Waals surface area contributed by atoms with E-state index in [0.29, 0.717) is 30.8 Å². The Morgan fingerprint density at radius 2 is 1.75 bits per heavy atom. The molecule has 2 saturated heterocycles. The number of carbonyl (C=O) groups is 1. The summed E-state index contributed by atoms with van der Waals surface area (Å²) in [5, 5.41) is 43.6. The summed E-state index contributed by atoms with van der Waals surface area (Å²) in [7, 11) is 0. The Labute approximate surface area is 239 Å². The van der Waals surface area contributed by atoms with Gasteiger partial charge in [-0.3, -0.25) is 0 Å². The molecule has 8 nitrogen and oxygen atoms in total. The summed E-state index contributed by atoms with van der Waals surface area (Å²) < 4.78 is 17.0. The molecule has 4 N–H and O–H groups in total. The van der Waals surface area contributed by atoms with Gasteiger partial charge in [-0.1, -0.05) is 62.8 Å². The Morgan fingerprint density at radius 3 is 2.48 bits per heavy atom. The maximum absolute atomic E-state index is 12.5. The van der Waals surface area contributed by atoms with Gasteiger partial charge in [0.15, 0.2) is 0 Å². The fraction of sp³-hybridized carbons (Fsp3) is 0.719. The first kappa shape index (κ1) is 32.7. The summed E-state index contributed by atoms with van der Waals surface area (Å²) in [6.45, 7) is 13.8. The monoisotopic (exact) mass is 562 g/mol. The van der Waals surface area contributed by atoms with Crippen LogP contribution < -0.4 is 0 Å². The molecule has 3 aliphatic heterocycles. The SMILES string of the molecule is C=C1/C=C(/C)C(C)CC(O)CC(O)[C@@]2(O)O[C@@H](COC(=O)/C(C)=C/CC/C=C/C3OC3CC(C)C1)C[C@@H](C)[C@@H]2O. The van der Waals surface area contributed by atoms with Crippen LogP contribution in [-0.4, -0.2) is 75.4 Å². The molecule has 0 radical (unpaired) electrons. The Balaban J connectivity index is 1.73. The summed E-state index contributed by atoms with van der Waals surface area (Å²) in [6.07, 6.45) is 7.70. The average Bonchev–Trinajstić information content (AvgIpc) is 3.61. The molecule has 3 rings (SSSR count). The van der Waals surface area contributed by atoms with E-state index in [-0.39, 0.29) is 31.2 Å². The molecule has 0 aromatic rings. The number of hydrogen-bond donors (Lipinski definition) is 4. The summed E-state index contributed by atoms with van der Waals surface area (Å²) in [5.41, 5.74) is 2.58. The van der Waals surface area contributed by atoms with Gasteiger partial charge in [0, 0.05) is 12.0 Å². The van der Waals surface area contributed by atoms with Gasteiger partial charge in [0.2, 0.25) is 5.79 Å². The van der Waals surface area contributed by atoms with Crippen LogP contribution in [-0.2, 0) is 19.0 Å². The van der Waals surface area contributed by atoms with Gasteiger partial charge in [-0.05, 0) is 70.1 Å². The molecule has 0 aliphatic carbocycles. The molecule has 226 valence electrons. The van der Waals surface area contributed by atoms with Crippen LogP contribution in [0, 0.1) is 17.8 Å². The minimum Gasteiger partial charge on any atom is -0.460 e. The highest BCUT2D eigenvalue weighted by Crippen LogP contribution is 2.36. The molecule has 0 aromatic heterocycles. The highest BCUT2D eigenvalue weighted by molar-refractivity contribution is 5.87. The van der Waals surface area contributed by atoms with Gasteiger partial charge in [-0.2, -0.15) is 0 Å². The molecule has 3 aliphatic rings. The van der Waals surface area contributed by atoms with Crippen LogP contribution in [0.15, 0.2) is 47.6 Å². The van der Waals surface area contributed by atoms with Crippen LogP contribution in [0.25, 0.3) is 0 Å². The number of aliphatic hydroxyl groups excluding tert-OH is 3. The van der Waals surface area contributed by atoms with Gasteiger partial charge >= 0.3 is 5.97 Å². The van der Waals surface area contributed by atoms with Crippen molar-refractivity contribution >= 4 is 5.97 Å². The summed E-state index contributed by atoms with van der Waals surface area (Å²) in [5.74, 6) is -2.76. The smallest absolute Gasteiger partial charge is 0.333 e. The quantitative estimate of drug-likeness (QED) is 0.197. The summed E-state index contributed by atoms with van der Waals surface area (Å²) >= 11 is 0. The van der Waals surface area contributed by atoms with E-state index >= 15 is 0 Å². The molecule has 2 fully saturated rings. The predicted molar refractivity (Wildman–Crippen MR) is 153 cm³/mol. The van der Waals surface area contributed by atoms with E-state index in [1.54, 1.807) is 13.8 Å². The number of aliphatic hydroxyl groups is 4. The van der Waals surface area contributed by atoms with Crippen molar-refractivity contribution in [1.29, 1.82) is 0 Å². The van der Waals surface area contributed by atoms with Crippen LogP contribution >= 0.6 is 0 Å². The Bertz CT molecular complexity index is 970. The van der Waals surface area contributed by atoms with Crippen molar-refractivity contribution < 1.29 is 39.4 Å². The molecule has 6 unspecified atom stereocenters. The molecule has 0 saturated carbocycles. The first-order valence-electron chi connectivity index (χ1n) is 14.8. The van der Waals surface area contributed by atoms with Crippen LogP contribution in [0.5, 0.6) is 0 Å². The molecule has 2 bridgehead atoms. The second-order valence-electron chi connectivity index (χ2n) is 12.4. The van der Waals surface area contributed by atoms with Gasteiger partial charge in [0.1, 0.15) is 24.9 Å². The fourth-order valence-electron chi connectivity index (χ4n) is 5.79. The highest BCUT2D eigenvalue weighted by atomic mass is 16.7. The molecule has 10 atom stereocenters. The van der Waals surface area contributed by atoms with Crippen molar-refractivity contribution in [3.8, 4) is 0 Å². The maximum Gasteiger partial charge on any atom is 0.333 e. The van der Waals surface area contributed by atoms with Crippen molar-refractivity contribution in [2.45, 2.75) is 122 Å². The van der Waals surface area contributed by atoms with Crippen molar-refractivity contribution in [2.75, 3.05) is 6.61 Å². The number of rotatable bonds is 0. The van der Waals surface area contributed by atoms with E-state index in [1.165, 1.54) is 0 Å². The van der Waals surface area contributed by atoms with Crippen molar-refractivity contribution in [3.05, 3.63) is 47.6 Å². The topological polar surface area (TPSA) is 129 Å². The standard InChI is InChI=1S/C32H50O8/c1-19-12-20(2)14-28-27(39-28)11-9-7-8-10-21(3)31(36)38-18-26-16-24(6)30(35)32(37,40-26)29(34)17-25(33)15-23(5)22(4)13-19/h9-11,13,20,23-30,33-35,37H,1,7-8,12,14-18H2,2-6H3/b11-9+,21-10+,22-13-/t20?,23?,24-,25?,26-,27?,28?,29?,30+,32-/m1/s1. The third kappa shape index (κ3) is 9.10. The van der Waals surface area contributed by atoms with Crippen molar-refractivity contribution in [3.63, 3.8) is 0 Å². The van der Waals surface area contributed by atoms with Gasteiger partial charge in [0.05, 0.1) is 18.3 Å². The van der Waals surface area contributed by atoms with E-state index in [9.17, 15) is 25.2 Å². The minimum absolute atomic E-state index is 0.0132. The number of hydrogen-bond acceptors (Lipinski definition) is 8. The molecule has 0 spiro atoms. The first-order chi connectivity index (χ1) is 18.8. The van der Waals surface area contributed by atoms with Crippen LogP contribution in [0.2, 0.25) is 0 Å². The number of carbonyl (C=O) groups excluding carboxylic acids is 1. The van der Waals surface area contributed by atoms with Crippen molar-refractivity contribution in [1.82, 2.24) is 0 Å². The lowest BCUT2D eigenvalue weighted by Gasteiger charge is -2.46. The normalized spacial score (nSPS) is 44.9. The zero-order valence-corrected chi connectivity index (χ0v) is 24.8. The average molecular weight is 563 g/mol. The number of fused-ring (bicyclic) bond motifs is 3. The molecule has 8 heteroatoms. The number of allylic oxidation sites excluding steroid dienone is 5. The highest BCUT2D eigenvalue weighted by Gasteiger charge is 2.52. The molecule has 40 heavy (non-hydrogen) atoms. The first-order valence-corrected chi connectivity index (χ1v) is 14.8. The number of cyclic esters (lactones) is 1. The Hall–Kier alpha value is -1.81. The van der Waals surface area contributed by atoms with Gasteiger partial charge in [0.25, 0.3) is 0 Å². The van der Waals surface area contributed by atoms with E-state index in [4.69, 9.17) is 14.2 Å². The number of esters is 1. The Kier molecular flexibility index (Phi) is 11.8. The third-order valence-corrected chi connectivity index (χ3v) is 8.46. The Morgan fingerprint density at radius 1 is 1.02 bits per heavy atom. The predicted octanol–water partition coefficient (Wildman–Crippen LogP) is 4.12. The fourth-order valence-corrected chi connectivity index (χ4v) is 5.79. The van der Waals surface area contributed by atoms with Crippen molar-refractivity contribution in [2.24, 2.45) is 17.8 Å². The van der Waals surface area contributed by atoms with Crippen LogP contribution in [0.1, 0.15) is 79.6 Å². The molecule has 0 amide bonds. The van der Waals surface area contributed by atoms with E-state index in [2.05, 4.69) is 31.7 Å². The molecular formula is C32H50O8. The lowest BCUT2D eigenvalue weighted by Crippen LogP contribution is -2.62. The lowest BCUT2D eigenvalue weighted by molar-refractivity contribution is -0.352. The zero-order chi connectivity index (χ0) is 29.6. The van der Waals surface area contributed by atoms with Gasteiger partial charge in [-0.15, -0.1) is 0 Å². The van der Waals surface area contributed by atoms with Gasteiger partial charge in [-0.25, -0.2) is 4.79 Å². The minimum atomic E-state index is -2.29. The van der Waals surface area contributed by atoms with Gasteiger partial charge < -0.3 is 34.6 Å². The van der Waals surface area contributed by atoms with E-state index in [1.807, 2.05) is 19.9 Å². The third-order valence-electron chi connectivity index (χ3n) is 8.46. The largest absolute Gasteiger partial charge is 0.460 e. The second kappa shape index (κ2) is 14.4.